The molecule has 1 atom stereocenters. The van der Waals surface area contributed by atoms with Crippen molar-refractivity contribution < 1.29 is 28.6 Å². The molecule has 0 saturated carbocycles. The van der Waals surface area contributed by atoms with Gasteiger partial charge in [-0.1, -0.05) is 254 Å². The van der Waals surface area contributed by atoms with Gasteiger partial charge in [-0.25, -0.2) is 0 Å². The molecular formula is C75H114O6. The van der Waals surface area contributed by atoms with Gasteiger partial charge in [0.15, 0.2) is 6.10 Å². The van der Waals surface area contributed by atoms with Crippen molar-refractivity contribution in [1.29, 1.82) is 0 Å². The summed E-state index contributed by atoms with van der Waals surface area (Å²) < 4.78 is 16.8. The zero-order valence-electron chi connectivity index (χ0n) is 51.5. The number of hydrogen-bond acceptors (Lipinski definition) is 6. The Balaban J connectivity index is 4.46. The Morgan fingerprint density at radius 2 is 0.444 bits per heavy atom. The van der Waals surface area contributed by atoms with Crippen LogP contribution in [0.1, 0.15) is 239 Å². The Morgan fingerprint density at radius 1 is 0.247 bits per heavy atom. The molecule has 0 N–H and O–H groups in total. The average molecular weight is 1110 g/mol. The molecule has 1 unspecified atom stereocenters. The lowest BCUT2D eigenvalue weighted by molar-refractivity contribution is -0.167. The van der Waals surface area contributed by atoms with Gasteiger partial charge in [-0.15, -0.1) is 0 Å². The lowest BCUT2D eigenvalue weighted by Crippen LogP contribution is -2.30. The lowest BCUT2D eigenvalue weighted by Gasteiger charge is -2.18. The Kier molecular flexibility index (Phi) is 62.0. The summed E-state index contributed by atoms with van der Waals surface area (Å²) in [6, 6.07) is 0. The summed E-state index contributed by atoms with van der Waals surface area (Å²) >= 11 is 0. The van der Waals surface area contributed by atoms with Gasteiger partial charge in [-0.3, -0.25) is 14.4 Å². The minimum Gasteiger partial charge on any atom is -0.462 e. The molecule has 0 aliphatic heterocycles. The molecule has 0 aromatic heterocycles. The summed E-state index contributed by atoms with van der Waals surface area (Å²) in [5.74, 6) is -1.01. The van der Waals surface area contributed by atoms with Gasteiger partial charge >= 0.3 is 17.9 Å². The molecular weight excluding hydrogens is 997 g/mol. The summed E-state index contributed by atoms with van der Waals surface area (Å²) in [5, 5.41) is 0. The van der Waals surface area contributed by atoms with Gasteiger partial charge in [0.1, 0.15) is 13.2 Å². The van der Waals surface area contributed by atoms with E-state index in [-0.39, 0.29) is 44.0 Å². The van der Waals surface area contributed by atoms with Crippen LogP contribution in [0, 0.1) is 0 Å². The summed E-state index contributed by atoms with van der Waals surface area (Å²) in [7, 11) is 0. The molecule has 0 saturated heterocycles. The van der Waals surface area contributed by atoms with E-state index < -0.39 is 6.10 Å². The first-order chi connectivity index (χ1) is 40.0. The van der Waals surface area contributed by atoms with Crippen LogP contribution in [0.3, 0.4) is 0 Å². The van der Waals surface area contributed by atoms with Gasteiger partial charge < -0.3 is 14.2 Å². The first-order valence-electron chi connectivity index (χ1n) is 31.9. The van der Waals surface area contributed by atoms with Crippen LogP contribution in [-0.2, 0) is 28.6 Å². The van der Waals surface area contributed by atoms with Gasteiger partial charge in [-0.2, -0.15) is 0 Å². The van der Waals surface area contributed by atoms with Crippen molar-refractivity contribution in [3.8, 4) is 0 Å². The van der Waals surface area contributed by atoms with E-state index in [2.05, 4.69) is 215 Å². The SMILES string of the molecule is CC/C=C\C/C=C\C/C=C\C/C=C\C/C=C\C/C=C\C/C=C\C/C=C\CCCCCCCCC(=O)OCC(COC(=O)CCCC/C=C\C/C=C\C/C=C\C/C=C\CC)OC(=O)CCCCCC/C=C\C/C=C\C/C=C\C/C=C\CC. The molecule has 0 rings (SSSR count). The van der Waals surface area contributed by atoms with Crippen LogP contribution in [0.15, 0.2) is 194 Å². The fraction of sp³-hybridized carbons (Fsp3) is 0.533. The summed E-state index contributed by atoms with van der Waals surface area (Å²) in [5.41, 5.74) is 0. The predicted octanol–water partition coefficient (Wildman–Crippen LogP) is 22.2. The maximum absolute atomic E-state index is 12.9. The van der Waals surface area contributed by atoms with Gasteiger partial charge in [-0.05, 0) is 161 Å². The Labute approximate surface area is 497 Å². The van der Waals surface area contributed by atoms with Crippen LogP contribution >= 0.6 is 0 Å². The molecule has 0 aliphatic carbocycles. The van der Waals surface area contributed by atoms with Gasteiger partial charge in [0.05, 0.1) is 0 Å². The molecule has 0 spiro atoms. The van der Waals surface area contributed by atoms with E-state index in [1.165, 1.54) is 12.8 Å². The van der Waals surface area contributed by atoms with Crippen LogP contribution < -0.4 is 0 Å². The maximum atomic E-state index is 12.9. The van der Waals surface area contributed by atoms with E-state index in [1.54, 1.807) is 0 Å². The van der Waals surface area contributed by atoms with E-state index in [0.29, 0.717) is 12.8 Å². The molecule has 0 amide bonds. The molecule has 6 nitrogen and oxygen atoms in total. The monoisotopic (exact) mass is 1110 g/mol. The fourth-order valence-electron chi connectivity index (χ4n) is 7.91. The highest BCUT2D eigenvalue weighted by Crippen LogP contribution is 2.13. The van der Waals surface area contributed by atoms with Crippen molar-refractivity contribution in [3.63, 3.8) is 0 Å². The van der Waals surface area contributed by atoms with Gasteiger partial charge in [0.2, 0.25) is 0 Å². The van der Waals surface area contributed by atoms with E-state index >= 15 is 0 Å². The third-order valence-electron chi connectivity index (χ3n) is 12.6. The summed E-state index contributed by atoms with van der Waals surface area (Å²) in [6.07, 6.45) is 102. The van der Waals surface area contributed by atoms with Crippen LogP contribution in [0.2, 0.25) is 0 Å². The molecule has 0 aromatic carbocycles. The second-order valence-corrected chi connectivity index (χ2v) is 20.2. The van der Waals surface area contributed by atoms with Crippen LogP contribution in [-0.4, -0.2) is 37.2 Å². The molecule has 450 valence electrons. The average Bonchev–Trinajstić information content (AvgIpc) is 3.47. The van der Waals surface area contributed by atoms with Crippen LogP contribution in [0.4, 0.5) is 0 Å². The van der Waals surface area contributed by atoms with E-state index in [9.17, 15) is 14.4 Å². The quantitative estimate of drug-likeness (QED) is 0.0261. The normalized spacial score (nSPS) is 13.5. The minimum atomic E-state index is -0.827. The molecule has 0 aromatic rings. The Bertz CT molecular complexity index is 1950. The highest BCUT2D eigenvalue weighted by atomic mass is 16.6. The predicted molar refractivity (Wildman–Crippen MR) is 352 cm³/mol. The van der Waals surface area contributed by atoms with Crippen molar-refractivity contribution in [1.82, 2.24) is 0 Å². The van der Waals surface area contributed by atoms with Gasteiger partial charge in [0, 0.05) is 19.3 Å². The highest BCUT2D eigenvalue weighted by molar-refractivity contribution is 5.71. The first-order valence-corrected chi connectivity index (χ1v) is 31.9. The number of ether oxygens (including phenoxy) is 3. The number of hydrogen-bond donors (Lipinski definition) is 0. The number of carbonyl (C=O) groups is 3. The second-order valence-electron chi connectivity index (χ2n) is 20.2. The molecule has 0 aliphatic rings. The minimum absolute atomic E-state index is 0.120. The number of carbonyl (C=O) groups excluding carboxylic acids is 3. The van der Waals surface area contributed by atoms with Crippen molar-refractivity contribution in [2.45, 2.75) is 245 Å². The number of rotatable bonds is 55. The molecule has 0 bridgehead atoms. The fourth-order valence-corrected chi connectivity index (χ4v) is 7.91. The first kappa shape index (κ1) is 75.2. The largest absolute Gasteiger partial charge is 0.462 e. The zero-order valence-corrected chi connectivity index (χ0v) is 51.5. The highest BCUT2D eigenvalue weighted by Gasteiger charge is 2.19. The summed E-state index contributed by atoms with van der Waals surface area (Å²) in [6.45, 7) is 6.21. The molecule has 0 radical (unpaired) electrons. The standard InChI is InChI=1S/C75H114O6/c1-4-7-10-13-16-19-22-25-28-30-31-32-33-34-35-36-37-38-39-40-41-42-43-45-47-50-53-56-59-62-65-68-74(77)80-71-72(70-79-73(76)67-64-61-58-55-52-49-46-27-24-21-18-15-12-9-6-3)81-75(78)69-66-63-60-57-54-51-48-44-29-26-23-20-17-14-11-8-5-2/h7-12,16-21,25-29,31-32,34-35,37-38,40-41,43,45-46,48,51-52,55,72H,4-6,13-15,22-24,30,33,36,39,42,44,47,49-50,53-54,56-71H2,1-3H3/b10-7-,11-8-,12-9-,19-16-,20-17-,21-18-,28-25-,29-26-,32-31-,35-34-,38-37-,41-40-,45-43-,46-27-,51-48-,55-52-. The van der Waals surface area contributed by atoms with Crippen molar-refractivity contribution in [2.75, 3.05) is 13.2 Å². The van der Waals surface area contributed by atoms with Crippen molar-refractivity contribution in [3.05, 3.63) is 194 Å². The second kappa shape index (κ2) is 66.8. The zero-order chi connectivity index (χ0) is 58.5. The van der Waals surface area contributed by atoms with Crippen molar-refractivity contribution >= 4 is 17.9 Å². The van der Waals surface area contributed by atoms with Crippen LogP contribution in [0.25, 0.3) is 0 Å². The number of unbranched alkanes of at least 4 members (excludes halogenated alkanes) is 12. The van der Waals surface area contributed by atoms with E-state index in [0.717, 1.165) is 180 Å². The number of allylic oxidation sites excluding steroid dienone is 32. The van der Waals surface area contributed by atoms with Gasteiger partial charge in [0.25, 0.3) is 0 Å². The number of esters is 3. The van der Waals surface area contributed by atoms with Crippen molar-refractivity contribution in [2.24, 2.45) is 0 Å². The Morgan fingerprint density at radius 3 is 0.716 bits per heavy atom. The molecule has 0 fully saturated rings. The molecule has 81 heavy (non-hydrogen) atoms. The molecule has 0 heterocycles. The maximum Gasteiger partial charge on any atom is 0.306 e. The topological polar surface area (TPSA) is 78.9 Å². The van der Waals surface area contributed by atoms with Crippen LogP contribution in [0.5, 0.6) is 0 Å². The molecule has 6 heteroatoms. The smallest absolute Gasteiger partial charge is 0.306 e. The third-order valence-corrected chi connectivity index (χ3v) is 12.6. The van der Waals surface area contributed by atoms with E-state index in [4.69, 9.17) is 14.2 Å². The van der Waals surface area contributed by atoms with E-state index in [1.807, 2.05) is 0 Å². The lowest BCUT2D eigenvalue weighted by atomic mass is 10.1. The third kappa shape index (κ3) is 64.9. The Hall–Kier alpha value is -5.75. The summed E-state index contributed by atoms with van der Waals surface area (Å²) in [4.78, 5) is 38.3.